The summed E-state index contributed by atoms with van der Waals surface area (Å²) in [5.74, 6) is -0.107. The molecule has 0 aliphatic heterocycles. The van der Waals surface area contributed by atoms with Crippen molar-refractivity contribution in [1.82, 2.24) is 4.57 Å². The topological polar surface area (TPSA) is 52.8 Å². The van der Waals surface area contributed by atoms with Gasteiger partial charge in [0.05, 0.1) is 31.9 Å². The summed E-state index contributed by atoms with van der Waals surface area (Å²) < 4.78 is 13.6. The second-order valence-corrected chi connectivity index (χ2v) is 8.45. The molecule has 0 spiro atoms. The Morgan fingerprint density at radius 3 is 2.66 bits per heavy atom. The number of thiazole rings is 1. The van der Waals surface area contributed by atoms with Crippen LogP contribution in [0.4, 0.5) is 0 Å². The minimum absolute atomic E-state index is 0.268. The highest BCUT2D eigenvalue weighted by Gasteiger charge is 2.14. The van der Waals surface area contributed by atoms with Crippen molar-refractivity contribution in [2.75, 3.05) is 19.8 Å². The first-order chi connectivity index (χ1) is 13.9. The number of amides is 1. The van der Waals surface area contributed by atoms with Crippen LogP contribution in [0.15, 0.2) is 35.3 Å². The molecule has 0 atom stereocenters. The highest BCUT2D eigenvalue weighted by atomic mass is 35.5. The number of rotatable bonds is 7. The standard InChI is InChI=1S/C19H16Cl4N2O3S/c1-2-27-8-7-25-18-15(6-4-12(21)17(18)23)29-19(25)24-16(26)10-28-14-5-3-11(20)9-13(14)22/h3-6,9H,2,7-8,10H2,1H3. The van der Waals surface area contributed by atoms with E-state index in [0.29, 0.717) is 50.4 Å². The molecule has 3 aromatic rings. The van der Waals surface area contributed by atoms with Gasteiger partial charge in [-0.3, -0.25) is 4.79 Å². The zero-order valence-corrected chi connectivity index (χ0v) is 19.1. The summed E-state index contributed by atoms with van der Waals surface area (Å²) in [5.41, 5.74) is 0.720. The van der Waals surface area contributed by atoms with Crippen LogP contribution in [0.25, 0.3) is 10.2 Å². The molecule has 0 fully saturated rings. The van der Waals surface area contributed by atoms with Crippen LogP contribution in [0.2, 0.25) is 20.1 Å². The van der Waals surface area contributed by atoms with Crippen LogP contribution in [0.3, 0.4) is 0 Å². The molecule has 154 valence electrons. The van der Waals surface area contributed by atoms with Crippen molar-refractivity contribution >= 4 is 73.9 Å². The van der Waals surface area contributed by atoms with Crippen molar-refractivity contribution in [1.29, 1.82) is 0 Å². The van der Waals surface area contributed by atoms with Crippen LogP contribution in [-0.4, -0.2) is 30.3 Å². The quantitative estimate of drug-likeness (QED) is 0.387. The fourth-order valence-electron chi connectivity index (χ4n) is 2.57. The molecule has 5 nitrogen and oxygen atoms in total. The fourth-order valence-corrected chi connectivity index (χ4v) is 4.59. The van der Waals surface area contributed by atoms with E-state index in [2.05, 4.69) is 4.99 Å². The number of ether oxygens (including phenoxy) is 2. The monoisotopic (exact) mass is 492 g/mol. The molecule has 1 heterocycles. The van der Waals surface area contributed by atoms with Crippen molar-refractivity contribution in [2.24, 2.45) is 4.99 Å². The second kappa shape index (κ2) is 10.2. The molecular formula is C19H16Cl4N2O3S. The highest BCUT2D eigenvalue weighted by Crippen LogP contribution is 2.32. The van der Waals surface area contributed by atoms with Gasteiger partial charge in [-0.1, -0.05) is 57.7 Å². The summed E-state index contributed by atoms with van der Waals surface area (Å²) >= 11 is 25.8. The lowest BCUT2D eigenvalue weighted by Gasteiger charge is -2.08. The molecular weight excluding hydrogens is 478 g/mol. The average Bonchev–Trinajstić information content (AvgIpc) is 3.02. The van der Waals surface area contributed by atoms with Gasteiger partial charge in [0.15, 0.2) is 11.4 Å². The van der Waals surface area contributed by atoms with Crippen LogP contribution in [0.5, 0.6) is 5.75 Å². The Balaban J connectivity index is 1.90. The molecule has 0 aliphatic rings. The Morgan fingerprint density at radius 1 is 1.14 bits per heavy atom. The number of carbonyl (C=O) groups is 1. The molecule has 3 rings (SSSR count). The summed E-state index contributed by atoms with van der Waals surface area (Å²) in [6.07, 6.45) is 0. The molecule has 1 amide bonds. The van der Waals surface area contributed by atoms with E-state index < -0.39 is 5.91 Å². The first-order valence-electron chi connectivity index (χ1n) is 8.61. The number of nitrogens with zero attached hydrogens (tertiary/aromatic N) is 2. The minimum Gasteiger partial charge on any atom is -0.482 e. The molecule has 0 unspecified atom stereocenters. The second-order valence-electron chi connectivity index (χ2n) is 5.81. The van der Waals surface area contributed by atoms with Gasteiger partial charge in [0.2, 0.25) is 0 Å². The predicted octanol–water partition coefficient (Wildman–Crippen LogP) is 5.86. The van der Waals surface area contributed by atoms with E-state index in [4.69, 9.17) is 55.9 Å². The van der Waals surface area contributed by atoms with Crippen LogP contribution in [0.1, 0.15) is 6.92 Å². The third kappa shape index (κ3) is 5.45. The third-order valence-electron chi connectivity index (χ3n) is 3.86. The van der Waals surface area contributed by atoms with Crippen LogP contribution >= 0.6 is 57.7 Å². The molecule has 1 aromatic heterocycles. The fraction of sp³-hybridized carbons (Fsp3) is 0.263. The van der Waals surface area contributed by atoms with E-state index in [1.807, 2.05) is 17.6 Å². The van der Waals surface area contributed by atoms with Crippen molar-refractivity contribution < 1.29 is 14.3 Å². The Bertz CT molecular complexity index is 1110. The minimum atomic E-state index is -0.463. The van der Waals surface area contributed by atoms with Gasteiger partial charge >= 0.3 is 0 Å². The lowest BCUT2D eigenvalue weighted by molar-refractivity contribution is -0.120. The van der Waals surface area contributed by atoms with E-state index in [-0.39, 0.29) is 6.61 Å². The molecule has 2 aromatic carbocycles. The first kappa shape index (κ1) is 22.4. The Labute approximate surface area is 191 Å². The summed E-state index contributed by atoms with van der Waals surface area (Å²) in [5, 5.41) is 1.64. The Morgan fingerprint density at radius 2 is 1.93 bits per heavy atom. The highest BCUT2D eigenvalue weighted by molar-refractivity contribution is 7.16. The molecule has 10 heteroatoms. The lowest BCUT2D eigenvalue weighted by Crippen LogP contribution is -2.21. The summed E-state index contributed by atoms with van der Waals surface area (Å²) in [7, 11) is 0. The summed E-state index contributed by atoms with van der Waals surface area (Å²) in [4.78, 5) is 17.1. The molecule has 0 radical (unpaired) electrons. The Kier molecular flexibility index (Phi) is 7.85. The van der Waals surface area contributed by atoms with Crippen molar-refractivity contribution in [3.8, 4) is 5.75 Å². The molecule has 0 bridgehead atoms. The van der Waals surface area contributed by atoms with Gasteiger partial charge in [-0.2, -0.15) is 4.99 Å². The van der Waals surface area contributed by atoms with Crippen LogP contribution in [0, 0.1) is 0 Å². The van der Waals surface area contributed by atoms with E-state index >= 15 is 0 Å². The van der Waals surface area contributed by atoms with E-state index in [1.54, 1.807) is 24.3 Å². The number of halogens is 4. The number of aromatic nitrogens is 1. The van der Waals surface area contributed by atoms with E-state index in [1.165, 1.54) is 11.3 Å². The number of carbonyl (C=O) groups excluding carboxylic acids is 1. The van der Waals surface area contributed by atoms with Gasteiger partial charge in [-0.15, -0.1) is 0 Å². The number of hydrogen-bond acceptors (Lipinski definition) is 4. The molecule has 29 heavy (non-hydrogen) atoms. The summed E-state index contributed by atoms with van der Waals surface area (Å²) in [6.45, 7) is 3.15. The van der Waals surface area contributed by atoms with Crippen molar-refractivity contribution in [3.05, 3.63) is 55.2 Å². The van der Waals surface area contributed by atoms with Crippen molar-refractivity contribution in [2.45, 2.75) is 13.5 Å². The molecule has 0 N–H and O–H groups in total. The van der Waals surface area contributed by atoms with Gasteiger partial charge in [0.1, 0.15) is 5.75 Å². The maximum atomic E-state index is 12.4. The zero-order valence-electron chi connectivity index (χ0n) is 15.3. The zero-order chi connectivity index (χ0) is 21.0. The normalized spacial score (nSPS) is 12.0. The predicted molar refractivity (Wildman–Crippen MR) is 119 cm³/mol. The molecule has 0 saturated heterocycles. The smallest absolute Gasteiger partial charge is 0.286 e. The summed E-state index contributed by atoms with van der Waals surface area (Å²) in [6, 6.07) is 8.33. The van der Waals surface area contributed by atoms with Gasteiger partial charge in [-0.05, 0) is 37.3 Å². The molecule has 0 aliphatic carbocycles. The number of fused-ring (bicyclic) bond motifs is 1. The maximum absolute atomic E-state index is 12.4. The van der Waals surface area contributed by atoms with E-state index in [0.717, 1.165) is 10.2 Å². The largest absolute Gasteiger partial charge is 0.482 e. The third-order valence-corrected chi connectivity index (χ3v) is 6.23. The number of hydrogen-bond donors (Lipinski definition) is 0. The van der Waals surface area contributed by atoms with Gasteiger partial charge in [0.25, 0.3) is 5.91 Å². The van der Waals surface area contributed by atoms with Gasteiger partial charge < -0.3 is 14.0 Å². The first-order valence-corrected chi connectivity index (χ1v) is 10.9. The van der Waals surface area contributed by atoms with Gasteiger partial charge in [0, 0.05) is 18.2 Å². The number of benzene rings is 2. The SMILES string of the molecule is CCOCCn1c(=NC(=O)COc2ccc(Cl)cc2Cl)sc2ccc(Cl)c(Cl)c21. The lowest BCUT2D eigenvalue weighted by atomic mass is 10.3. The Hall–Kier alpha value is -1.28. The molecule has 0 saturated carbocycles. The van der Waals surface area contributed by atoms with Crippen LogP contribution < -0.4 is 9.54 Å². The van der Waals surface area contributed by atoms with Crippen molar-refractivity contribution in [3.63, 3.8) is 0 Å². The van der Waals surface area contributed by atoms with E-state index in [9.17, 15) is 4.79 Å². The van der Waals surface area contributed by atoms with Crippen LogP contribution in [-0.2, 0) is 16.1 Å². The van der Waals surface area contributed by atoms with Gasteiger partial charge in [-0.25, -0.2) is 0 Å². The average molecular weight is 494 g/mol. The maximum Gasteiger partial charge on any atom is 0.286 e.